The number of aromatic nitrogens is 2. The van der Waals surface area contributed by atoms with E-state index < -0.39 is 5.97 Å². The molecule has 0 bridgehead atoms. The molecule has 0 radical (unpaired) electrons. The SMILES string of the molecule is O=C(OCc1nc(-c2ccc(F)cc2)no1)c1ccc(C2SCCS2)cc1. The third kappa shape index (κ3) is 4.33. The van der Waals surface area contributed by atoms with E-state index in [1.165, 1.54) is 17.7 Å². The minimum atomic E-state index is -0.449. The second kappa shape index (κ2) is 8.14. The predicted molar refractivity (Wildman–Crippen MR) is 103 cm³/mol. The molecule has 2 aromatic carbocycles. The number of carbonyl (C=O) groups is 1. The summed E-state index contributed by atoms with van der Waals surface area (Å²) < 4.78 is 23.7. The molecule has 1 aliphatic heterocycles. The van der Waals surface area contributed by atoms with Crippen LogP contribution in [0.5, 0.6) is 0 Å². The van der Waals surface area contributed by atoms with Gasteiger partial charge < -0.3 is 9.26 Å². The first-order valence-corrected chi connectivity index (χ1v) is 10.4. The maximum Gasteiger partial charge on any atom is 0.338 e. The van der Waals surface area contributed by atoms with Gasteiger partial charge in [0, 0.05) is 17.1 Å². The first-order valence-electron chi connectivity index (χ1n) is 8.28. The lowest BCUT2D eigenvalue weighted by Crippen LogP contribution is -2.05. The van der Waals surface area contributed by atoms with Crippen molar-refractivity contribution in [3.8, 4) is 11.4 Å². The van der Waals surface area contributed by atoms with Crippen molar-refractivity contribution in [3.63, 3.8) is 0 Å². The highest BCUT2D eigenvalue weighted by atomic mass is 32.2. The van der Waals surface area contributed by atoms with Gasteiger partial charge in [0.25, 0.3) is 5.89 Å². The van der Waals surface area contributed by atoms with E-state index in [2.05, 4.69) is 10.1 Å². The monoisotopic (exact) mass is 402 g/mol. The van der Waals surface area contributed by atoms with E-state index in [9.17, 15) is 9.18 Å². The molecule has 4 rings (SSSR count). The number of benzene rings is 2. The Labute approximate surface area is 163 Å². The molecule has 1 aliphatic rings. The average molecular weight is 402 g/mol. The van der Waals surface area contributed by atoms with Crippen molar-refractivity contribution in [3.05, 3.63) is 71.4 Å². The molecule has 1 saturated heterocycles. The van der Waals surface area contributed by atoms with Crippen molar-refractivity contribution in [1.29, 1.82) is 0 Å². The number of carbonyl (C=O) groups excluding carboxylic acids is 1. The molecule has 0 spiro atoms. The van der Waals surface area contributed by atoms with Crippen LogP contribution in [0.2, 0.25) is 0 Å². The number of nitrogens with zero attached hydrogens (tertiary/aromatic N) is 2. The zero-order chi connectivity index (χ0) is 18.6. The summed E-state index contributed by atoms with van der Waals surface area (Å²) >= 11 is 3.83. The number of halogens is 1. The number of ether oxygens (including phenoxy) is 1. The standard InChI is InChI=1S/C19H15FN2O3S2/c20-15-7-5-12(6-8-15)17-21-16(25-22-17)11-24-18(23)13-1-3-14(4-2-13)19-26-9-10-27-19/h1-8,19H,9-11H2. The molecular weight excluding hydrogens is 387 g/mol. The molecule has 8 heteroatoms. The molecule has 0 amide bonds. The van der Waals surface area contributed by atoms with Crippen LogP contribution in [0.25, 0.3) is 11.4 Å². The maximum atomic E-state index is 13.0. The Morgan fingerprint density at radius 3 is 2.52 bits per heavy atom. The van der Waals surface area contributed by atoms with Gasteiger partial charge in [-0.3, -0.25) is 0 Å². The molecule has 5 nitrogen and oxygen atoms in total. The Morgan fingerprint density at radius 1 is 1.11 bits per heavy atom. The van der Waals surface area contributed by atoms with Crippen LogP contribution in [0.3, 0.4) is 0 Å². The van der Waals surface area contributed by atoms with E-state index in [-0.39, 0.29) is 18.3 Å². The third-order valence-corrected chi connectivity index (χ3v) is 7.04. The lowest BCUT2D eigenvalue weighted by atomic mass is 10.1. The Morgan fingerprint density at radius 2 is 1.81 bits per heavy atom. The molecule has 0 aliphatic carbocycles. The molecule has 0 N–H and O–H groups in total. The Balaban J connectivity index is 1.35. The molecule has 1 fully saturated rings. The second-order valence-corrected chi connectivity index (χ2v) is 8.51. The fourth-order valence-corrected chi connectivity index (χ4v) is 5.43. The molecule has 0 unspecified atom stereocenters. The second-order valence-electron chi connectivity index (χ2n) is 5.79. The molecule has 3 aromatic rings. The van der Waals surface area contributed by atoms with Crippen molar-refractivity contribution in [1.82, 2.24) is 10.1 Å². The largest absolute Gasteiger partial charge is 0.452 e. The van der Waals surface area contributed by atoms with Gasteiger partial charge in [0.05, 0.1) is 10.1 Å². The zero-order valence-corrected chi connectivity index (χ0v) is 15.8. The zero-order valence-electron chi connectivity index (χ0n) is 14.1. The summed E-state index contributed by atoms with van der Waals surface area (Å²) in [5.41, 5.74) is 2.31. The van der Waals surface area contributed by atoms with E-state index in [0.29, 0.717) is 21.5 Å². The fraction of sp³-hybridized carbons (Fsp3) is 0.211. The van der Waals surface area contributed by atoms with Crippen LogP contribution >= 0.6 is 23.5 Å². The summed E-state index contributed by atoms with van der Waals surface area (Å²) in [6.07, 6.45) is 0. The smallest absolute Gasteiger partial charge is 0.338 e. The van der Waals surface area contributed by atoms with Crippen molar-refractivity contribution >= 4 is 29.5 Å². The summed E-state index contributed by atoms with van der Waals surface area (Å²) in [5.74, 6) is 2.02. The number of rotatable bonds is 5. The number of thioether (sulfide) groups is 2. The highest BCUT2D eigenvalue weighted by Crippen LogP contribution is 2.45. The van der Waals surface area contributed by atoms with E-state index in [0.717, 1.165) is 11.5 Å². The Kier molecular flexibility index (Phi) is 5.45. The minimum Gasteiger partial charge on any atom is -0.452 e. The van der Waals surface area contributed by atoms with Crippen LogP contribution in [0, 0.1) is 5.82 Å². The first kappa shape index (κ1) is 18.1. The van der Waals surface area contributed by atoms with Gasteiger partial charge in [0.2, 0.25) is 5.82 Å². The van der Waals surface area contributed by atoms with Gasteiger partial charge in [-0.2, -0.15) is 4.98 Å². The van der Waals surface area contributed by atoms with Gasteiger partial charge in [-0.1, -0.05) is 17.3 Å². The number of esters is 1. The Bertz CT molecular complexity index is 923. The normalized spacial score (nSPS) is 14.4. The molecule has 2 heterocycles. The van der Waals surface area contributed by atoms with Crippen LogP contribution in [0.4, 0.5) is 4.39 Å². The Hall–Kier alpha value is -2.32. The third-order valence-electron chi connectivity index (χ3n) is 3.94. The molecule has 138 valence electrons. The van der Waals surface area contributed by atoms with Crippen LogP contribution in [0.1, 0.15) is 26.4 Å². The van der Waals surface area contributed by atoms with E-state index in [4.69, 9.17) is 9.26 Å². The quantitative estimate of drug-likeness (QED) is 0.573. The summed E-state index contributed by atoms with van der Waals surface area (Å²) in [4.78, 5) is 16.4. The van der Waals surface area contributed by atoms with E-state index in [1.54, 1.807) is 24.3 Å². The molecule has 0 saturated carbocycles. The van der Waals surface area contributed by atoms with Gasteiger partial charge in [-0.25, -0.2) is 9.18 Å². The first-order chi connectivity index (χ1) is 13.2. The summed E-state index contributed by atoms with van der Waals surface area (Å²) in [7, 11) is 0. The van der Waals surface area contributed by atoms with Crippen molar-refractivity contribution < 1.29 is 18.4 Å². The average Bonchev–Trinajstić information content (AvgIpc) is 3.39. The summed E-state index contributed by atoms with van der Waals surface area (Å²) in [5, 5.41) is 3.82. The molecule has 0 atom stereocenters. The maximum absolute atomic E-state index is 13.0. The van der Waals surface area contributed by atoms with Crippen molar-refractivity contribution in [2.24, 2.45) is 0 Å². The number of hydrogen-bond donors (Lipinski definition) is 0. The van der Waals surface area contributed by atoms with Crippen molar-refractivity contribution in [2.75, 3.05) is 11.5 Å². The van der Waals surface area contributed by atoms with Gasteiger partial charge in [0.1, 0.15) is 5.82 Å². The van der Waals surface area contributed by atoms with Crippen molar-refractivity contribution in [2.45, 2.75) is 11.2 Å². The van der Waals surface area contributed by atoms with Gasteiger partial charge in [-0.15, -0.1) is 23.5 Å². The van der Waals surface area contributed by atoms with Gasteiger partial charge in [0.15, 0.2) is 6.61 Å². The predicted octanol–water partition coefficient (Wildman–Crippen LogP) is 4.71. The highest BCUT2D eigenvalue weighted by molar-refractivity contribution is 8.19. The fourth-order valence-electron chi connectivity index (χ4n) is 2.57. The van der Waals surface area contributed by atoms with Crippen LogP contribution in [0.15, 0.2) is 53.1 Å². The van der Waals surface area contributed by atoms with Crippen LogP contribution in [-0.2, 0) is 11.3 Å². The molecule has 27 heavy (non-hydrogen) atoms. The number of hydrogen-bond acceptors (Lipinski definition) is 7. The van der Waals surface area contributed by atoms with E-state index in [1.807, 2.05) is 35.7 Å². The van der Waals surface area contributed by atoms with Crippen LogP contribution in [-0.4, -0.2) is 27.6 Å². The summed E-state index contributed by atoms with van der Waals surface area (Å²) in [6.45, 7) is -0.122. The highest BCUT2D eigenvalue weighted by Gasteiger charge is 2.19. The summed E-state index contributed by atoms with van der Waals surface area (Å²) in [6, 6.07) is 13.2. The van der Waals surface area contributed by atoms with Gasteiger partial charge in [-0.05, 0) is 42.0 Å². The van der Waals surface area contributed by atoms with E-state index >= 15 is 0 Å². The molecular formula is C19H15FN2O3S2. The lowest BCUT2D eigenvalue weighted by Gasteiger charge is -2.08. The van der Waals surface area contributed by atoms with Crippen LogP contribution < -0.4 is 0 Å². The topological polar surface area (TPSA) is 65.2 Å². The lowest BCUT2D eigenvalue weighted by molar-refractivity contribution is 0.0430. The van der Waals surface area contributed by atoms with Gasteiger partial charge >= 0.3 is 5.97 Å². The molecule has 1 aromatic heterocycles. The minimum absolute atomic E-state index is 0.122.